The molecule has 0 aromatic heterocycles. The van der Waals surface area contributed by atoms with Crippen molar-refractivity contribution in [2.24, 2.45) is 5.92 Å². The minimum absolute atomic E-state index is 0.573. The van der Waals surface area contributed by atoms with Gasteiger partial charge in [-0.1, -0.05) is 32.0 Å². The van der Waals surface area contributed by atoms with Crippen molar-refractivity contribution in [1.29, 1.82) is 0 Å². The van der Waals surface area contributed by atoms with Gasteiger partial charge in [-0.25, -0.2) is 0 Å². The molecule has 1 aromatic carbocycles. The standard InChI is InChI=1S/C15H23NO/c1-4-14(16-3)11(2)9-12-10-17-15-8-6-5-7-13(12)15/h5-8,11-12,14,16H,4,9-10H2,1-3H3. The molecule has 2 heteroatoms. The summed E-state index contributed by atoms with van der Waals surface area (Å²) in [6.07, 6.45) is 2.39. The van der Waals surface area contributed by atoms with Crippen molar-refractivity contribution in [2.45, 2.75) is 38.6 Å². The Balaban J connectivity index is 2.02. The molecule has 2 nitrogen and oxygen atoms in total. The number of ether oxygens (including phenoxy) is 1. The highest BCUT2D eigenvalue weighted by Gasteiger charge is 2.27. The zero-order valence-corrected chi connectivity index (χ0v) is 11.1. The number of hydrogen-bond acceptors (Lipinski definition) is 2. The van der Waals surface area contributed by atoms with Crippen molar-refractivity contribution in [2.75, 3.05) is 13.7 Å². The molecule has 94 valence electrons. The molecule has 1 aromatic rings. The maximum Gasteiger partial charge on any atom is 0.122 e. The van der Waals surface area contributed by atoms with Gasteiger partial charge in [-0.2, -0.15) is 0 Å². The zero-order valence-electron chi connectivity index (χ0n) is 11.1. The van der Waals surface area contributed by atoms with E-state index in [0.29, 0.717) is 17.9 Å². The highest BCUT2D eigenvalue weighted by molar-refractivity contribution is 5.39. The Morgan fingerprint density at radius 3 is 2.88 bits per heavy atom. The Kier molecular flexibility index (Phi) is 4.06. The van der Waals surface area contributed by atoms with Crippen LogP contribution in [0, 0.1) is 5.92 Å². The lowest BCUT2D eigenvalue weighted by atomic mass is 9.86. The van der Waals surface area contributed by atoms with Crippen molar-refractivity contribution >= 4 is 0 Å². The highest BCUT2D eigenvalue weighted by Crippen LogP contribution is 2.37. The van der Waals surface area contributed by atoms with E-state index in [1.54, 1.807) is 0 Å². The molecule has 1 aliphatic rings. The van der Waals surface area contributed by atoms with Crippen molar-refractivity contribution in [3.63, 3.8) is 0 Å². The molecule has 0 radical (unpaired) electrons. The lowest BCUT2D eigenvalue weighted by Gasteiger charge is -2.24. The average Bonchev–Trinajstić information content (AvgIpc) is 2.74. The van der Waals surface area contributed by atoms with Crippen LogP contribution in [-0.4, -0.2) is 19.7 Å². The Bertz CT molecular complexity index is 360. The second-order valence-corrected chi connectivity index (χ2v) is 5.06. The summed E-state index contributed by atoms with van der Waals surface area (Å²) in [7, 11) is 2.06. The van der Waals surface area contributed by atoms with E-state index in [9.17, 15) is 0 Å². The Morgan fingerprint density at radius 2 is 2.18 bits per heavy atom. The second kappa shape index (κ2) is 5.54. The van der Waals surface area contributed by atoms with Crippen LogP contribution in [0.25, 0.3) is 0 Å². The number of rotatable bonds is 5. The molecule has 0 spiro atoms. The third kappa shape index (κ3) is 2.63. The van der Waals surface area contributed by atoms with Crippen LogP contribution in [0.1, 0.15) is 38.2 Å². The van der Waals surface area contributed by atoms with Crippen molar-refractivity contribution in [3.05, 3.63) is 29.8 Å². The predicted molar refractivity (Wildman–Crippen MR) is 71.6 cm³/mol. The maximum atomic E-state index is 5.74. The topological polar surface area (TPSA) is 21.3 Å². The van der Waals surface area contributed by atoms with Gasteiger partial charge in [0.15, 0.2) is 0 Å². The number of fused-ring (bicyclic) bond motifs is 1. The van der Waals surface area contributed by atoms with Crippen LogP contribution >= 0.6 is 0 Å². The molecule has 0 bridgehead atoms. The lowest BCUT2D eigenvalue weighted by molar-refractivity contribution is 0.286. The van der Waals surface area contributed by atoms with Crippen LogP contribution in [0.5, 0.6) is 5.75 Å². The van der Waals surface area contributed by atoms with Crippen molar-refractivity contribution in [1.82, 2.24) is 5.32 Å². The Morgan fingerprint density at radius 1 is 1.41 bits per heavy atom. The number of nitrogens with one attached hydrogen (secondary N) is 1. The fourth-order valence-corrected chi connectivity index (χ4v) is 2.93. The average molecular weight is 233 g/mol. The monoisotopic (exact) mass is 233 g/mol. The molecule has 0 saturated heterocycles. The first-order chi connectivity index (χ1) is 8.26. The van der Waals surface area contributed by atoms with E-state index in [1.165, 1.54) is 18.4 Å². The zero-order chi connectivity index (χ0) is 12.3. The van der Waals surface area contributed by atoms with E-state index in [2.05, 4.69) is 44.4 Å². The molecule has 3 atom stereocenters. The van der Waals surface area contributed by atoms with Crippen LogP contribution in [-0.2, 0) is 0 Å². The number of benzene rings is 1. The minimum Gasteiger partial charge on any atom is -0.493 e. The molecule has 0 amide bonds. The van der Waals surface area contributed by atoms with Gasteiger partial charge in [0.1, 0.15) is 5.75 Å². The quantitative estimate of drug-likeness (QED) is 0.843. The van der Waals surface area contributed by atoms with E-state index >= 15 is 0 Å². The van der Waals surface area contributed by atoms with E-state index in [1.807, 2.05) is 6.07 Å². The molecule has 17 heavy (non-hydrogen) atoms. The fraction of sp³-hybridized carbons (Fsp3) is 0.600. The van der Waals surface area contributed by atoms with E-state index in [-0.39, 0.29) is 0 Å². The van der Waals surface area contributed by atoms with E-state index in [4.69, 9.17) is 4.74 Å². The van der Waals surface area contributed by atoms with Crippen LogP contribution < -0.4 is 10.1 Å². The summed E-state index contributed by atoms with van der Waals surface area (Å²) >= 11 is 0. The third-order valence-electron chi connectivity index (χ3n) is 3.95. The molecule has 1 N–H and O–H groups in total. The van der Waals surface area contributed by atoms with Gasteiger partial charge >= 0.3 is 0 Å². The summed E-state index contributed by atoms with van der Waals surface area (Å²) in [4.78, 5) is 0. The number of hydrogen-bond donors (Lipinski definition) is 1. The van der Waals surface area contributed by atoms with E-state index in [0.717, 1.165) is 12.4 Å². The highest BCUT2D eigenvalue weighted by atomic mass is 16.5. The normalized spacial score (nSPS) is 21.7. The van der Waals surface area contributed by atoms with Crippen LogP contribution in [0.15, 0.2) is 24.3 Å². The summed E-state index contributed by atoms with van der Waals surface area (Å²) in [6.45, 7) is 5.44. The van der Waals surface area contributed by atoms with Crippen LogP contribution in [0.3, 0.4) is 0 Å². The van der Waals surface area contributed by atoms with Gasteiger partial charge in [-0.05, 0) is 31.9 Å². The summed E-state index contributed by atoms with van der Waals surface area (Å²) in [5.74, 6) is 2.34. The van der Waals surface area contributed by atoms with Crippen LogP contribution in [0.2, 0.25) is 0 Å². The molecular weight excluding hydrogens is 210 g/mol. The Labute approximate surface area is 104 Å². The van der Waals surface area contributed by atoms with Gasteiger partial charge in [-0.3, -0.25) is 0 Å². The molecule has 0 aliphatic carbocycles. The van der Waals surface area contributed by atoms with E-state index < -0.39 is 0 Å². The molecule has 3 unspecified atom stereocenters. The first kappa shape index (κ1) is 12.4. The molecular formula is C15H23NO. The summed E-state index contributed by atoms with van der Waals surface area (Å²) in [5, 5.41) is 3.41. The summed E-state index contributed by atoms with van der Waals surface area (Å²) < 4.78 is 5.74. The van der Waals surface area contributed by atoms with Gasteiger partial charge in [0.05, 0.1) is 6.61 Å². The van der Waals surface area contributed by atoms with Gasteiger partial charge in [0.2, 0.25) is 0 Å². The summed E-state index contributed by atoms with van der Waals surface area (Å²) in [6, 6.07) is 9.06. The second-order valence-electron chi connectivity index (χ2n) is 5.06. The first-order valence-electron chi connectivity index (χ1n) is 6.65. The number of para-hydroxylation sites is 1. The SMILES string of the molecule is CCC(NC)C(C)CC1COc2ccccc21. The van der Waals surface area contributed by atoms with Gasteiger partial charge in [-0.15, -0.1) is 0 Å². The smallest absolute Gasteiger partial charge is 0.122 e. The first-order valence-corrected chi connectivity index (χ1v) is 6.65. The molecule has 1 heterocycles. The van der Waals surface area contributed by atoms with Gasteiger partial charge < -0.3 is 10.1 Å². The third-order valence-corrected chi connectivity index (χ3v) is 3.95. The predicted octanol–water partition coefficient (Wildman–Crippen LogP) is 3.19. The van der Waals surface area contributed by atoms with Gasteiger partial charge in [0.25, 0.3) is 0 Å². The van der Waals surface area contributed by atoms with Gasteiger partial charge in [0, 0.05) is 17.5 Å². The Hall–Kier alpha value is -1.02. The van der Waals surface area contributed by atoms with Crippen LogP contribution in [0.4, 0.5) is 0 Å². The van der Waals surface area contributed by atoms with Crippen molar-refractivity contribution in [3.8, 4) is 5.75 Å². The molecule has 0 saturated carbocycles. The lowest BCUT2D eigenvalue weighted by Crippen LogP contribution is -2.32. The largest absolute Gasteiger partial charge is 0.493 e. The molecule has 0 fully saturated rings. The fourth-order valence-electron chi connectivity index (χ4n) is 2.93. The summed E-state index contributed by atoms with van der Waals surface area (Å²) in [5.41, 5.74) is 1.39. The molecule has 2 rings (SSSR count). The maximum absolute atomic E-state index is 5.74. The molecule has 1 aliphatic heterocycles. The van der Waals surface area contributed by atoms with Crippen molar-refractivity contribution < 1.29 is 4.74 Å². The minimum atomic E-state index is 0.573.